The molecule has 7 nitrogen and oxygen atoms in total. The molecule has 1 spiro atoms. The van der Waals surface area contributed by atoms with Gasteiger partial charge < -0.3 is 16.0 Å². The number of carbonyl (C=O) groups excluding carboxylic acids is 3. The molecule has 0 aromatic carbocycles. The summed E-state index contributed by atoms with van der Waals surface area (Å²) in [7, 11) is 0. The quantitative estimate of drug-likeness (QED) is 0.487. The molecule has 94 valence electrons. The minimum absolute atomic E-state index is 0.121. The Morgan fingerprint density at radius 3 is 2.41 bits per heavy atom. The highest BCUT2D eigenvalue weighted by molar-refractivity contribution is 6.07. The molecule has 2 aliphatic rings. The number of nitrogens with one attached hydrogen (secondary N) is 2. The largest absolute Gasteiger partial charge is 0.341 e. The summed E-state index contributed by atoms with van der Waals surface area (Å²) in [6.45, 7) is 2.51. The Labute approximate surface area is 98.7 Å². The maximum Gasteiger partial charge on any atom is 0.322 e. The summed E-state index contributed by atoms with van der Waals surface area (Å²) < 4.78 is 0. The maximum atomic E-state index is 11.7. The molecule has 0 saturated carbocycles. The van der Waals surface area contributed by atoms with E-state index in [9.17, 15) is 14.4 Å². The van der Waals surface area contributed by atoms with E-state index in [0.29, 0.717) is 25.9 Å². The lowest BCUT2D eigenvalue weighted by Crippen LogP contribution is -2.57. The van der Waals surface area contributed by atoms with Gasteiger partial charge in [0.15, 0.2) is 0 Å². The maximum absolute atomic E-state index is 11.7. The summed E-state index contributed by atoms with van der Waals surface area (Å²) in [4.78, 5) is 36.0. The van der Waals surface area contributed by atoms with Crippen LogP contribution in [0.4, 0.5) is 4.79 Å². The van der Waals surface area contributed by atoms with E-state index in [2.05, 4.69) is 10.6 Å². The number of nitrogens with two attached hydrogens (primary N) is 1. The minimum Gasteiger partial charge on any atom is -0.341 e. The first-order valence-corrected chi connectivity index (χ1v) is 5.62. The molecular weight excluding hydrogens is 224 g/mol. The number of hydrogen-bond donors (Lipinski definition) is 3. The van der Waals surface area contributed by atoms with Gasteiger partial charge in [0.05, 0.1) is 6.04 Å². The van der Waals surface area contributed by atoms with Crippen LogP contribution in [0.3, 0.4) is 0 Å². The van der Waals surface area contributed by atoms with E-state index in [1.54, 1.807) is 11.8 Å². The number of amides is 4. The van der Waals surface area contributed by atoms with E-state index >= 15 is 0 Å². The SMILES string of the molecule is CC(N)C(=O)N1CCC2(CC1)NC(=O)NC2=O. The average Bonchev–Trinajstić information content (AvgIpc) is 2.54. The van der Waals surface area contributed by atoms with Crippen molar-refractivity contribution in [1.29, 1.82) is 0 Å². The molecule has 2 heterocycles. The van der Waals surface area contributed by atoms with Crippen LogP contribution in [0.15, 0.2) is 0 Å². The van der Waals surface area contributed by atoms with Crippen LogP contribution >= 0.6 is 0 Å². The Kier molecular flexibility index (Phi) is 2.78. The predicted octanol–water partition coefficient (Wildman–Crippen LogP) is -1.47. The molecule has 0 aromatic heterocycles. The van der Waals surface area contributed by atoms with Crippen molar-refractivity contribution in [2.45, 2.75) is 31.3 Å². The molecule has 0 aliphatic carbocycles. The van der Waals surface area contributed by atoms with Gasteiger partial charge in [0.2, 0.25) is 5.91 Å². The van der Waals surface area contributed by atoms with E-state index in [0.717, 1.165) is 0 Å². The highest BCUT2D eigenvalue weighted by atomic mass is 16.2. The van der Waals surface area contributed by atoms with Gasteiger partial charge >= 0.3 is 6.03 Å². The average molecular weight is 240 g/mol. The number of piperidine rings is 1. The minimum atomic E-state index is -0.828. The fourth-order valence-corrected chi connectivity index (χ4v) is 2.28. The fourth-order valence-electron chi connectivity index (χ4n) is 2.28. The topological polar surface area (TPSA) is 105 Å². The van der Waals surface area contributed by atoms with Crippen molar-refractivity contribution in [1.82, 2.24) is 15.5 Å². The zero-order valence-corrected chi connectivity index (χ0v) is 9.66. The molecule has 7 heteroatoms. The fraction of sp³-hybridized carbons (Fsp3) is 0.700. The molecular formula is C10H16N4O3. The lowest BCUT2D eigenvalue weighted by molar-refractivity contribution is -0.136. The predicted molar refractivity (Wildman–Crippen MR) is 58.9 cm³/mol. The van der Waals surface area contributed by atoms with E-state index in [1.165, 1.54) is 0 Å². The van der Waals surface area contributed by atoms with Gasteiger partial charge in [-0.3, -0.25) is 14.9 Å². The van der Waals surface area contributed by atoms with Crippen LogP contribution < -0.4 is 16.4 Å². The monoisotopic (exact) mass is 240 g/mol. The summed E-state index contributed by atoms with van der Waals surface area (Å²) in [5, 5.41) is 4.87. The van der Waals surface area contributed by atoms with Crippen LogP contribution in [0.2, 0.25) is 0 Å². The van der Waals surface area contributed by atoms with Crippen molar-refractivity contribution in [2.75, 3.05) is 13.1 Å². The Bertz CT molecular complexity index is 372. The number of likely N-dealkylation sites (tertiary alicyclic amines) is 1. The molecule has 4 N–H and O–H groups in total. The third-order valence-corrected chi connectivity index (χ3v) is 3.33. The summed E-state index contributed by atoms with van der Waals surface area (Å²) in [5.41, 5.74) is 4.69. The van der Waals surface area contributed by atoms with Crippen molar-refractivity contribution in [3.8, 4) is 0 Å². The molecule has 2 saturated heterocycles. The van der Waals surface area contributed by atoms with Gasteiger partial charge in [0.25, 0.3) is 5.91 Å². The van der Waals surface area contributed by atoms with E-state index in [4.69, 9.17) is 5.73 Å². The van der Waals surface area contributed by atoms with Crippen molar-refractivity contribution in [3.05, 3.63) is 0 Å². The van der Waals surface area contributed by atoms with Crippen LogP contribution in [-0.2, 0) is 9.59 Å². The first-order valence-electron chi connectivity index (χ1n) is 5.62. The van der Waals surface area contributed by atoms with Crippen LogP contribution in [-0.4, -0.2) is 47.4 Å². The molecule has 2 fully saturated rings. The normalized spacial score (nSPS) is 24.5. The molecule has 2 rings (SSSR count). The van der Waals surface area contributed by atoms with Gasteiger partial charge in [-0.25, -0.2) is 4.79 Å². The van der Waals surface area contributed by atoms with Crippen LogP contribution in [0.5, 0.6) is 0 Å². The first kappa shape index (κ1) is 11.8. The van der Waals surface area contributed by atoms with Gasteiger partial charge in [0, 0.05) is 13.1 Å². The highest BCUT2D eigenvalue weighted by Gasteiger charge is 2.48. The Balaban J connectivity index is 2.01. The molecule has 1 unspecified atom stereocenters. The Morgan fingerprint density at radius 2 is 2.00 bits per heavy atom. The molecule has 2 aliphatic heterocycles. The van der Waals surface area contributed by atoms with Crippen molar-refractivity contribution < 1.29 is 14.4 Å². The Hall–Kier alpha value is -1.63. The van der Waals surface area contributed by atoms with Gasteiger partial charge in [-0.2, -0.15) is 0 Å². The third-order valence-electron chi connectivity index (χ3n) is 3.33. The van der Waals surface area contributed by atoms with Crippen molar-refractivity contribution >= 4 is 17.8 Å². The van der Waals surface area contributed by atoms with Gasteiger partial charge in [-0.15, -0.1) is 0 Å². The molecule has 1 atom stereocenters. The lowest BCUT2D eigenvalue weighted by atomic mass is 9.87. The molecule has 17 heavy (non-hydrogen) atoms. The number of urea groups is 1. The number of nitrogens with zero attached hydrogens (tertiary/aromatic N) is 1. The standard InChI is InChI=1S/C10H16N4O3/c1-6(11)7(15)14-4-2-10(3-5-14)8(16)12-9(17)13-10/h6H,2-5,11H2,1H3,(H2,12,13,16,17). The number of rotatable bonds is 1. The highest BCUT2D eigenvalue weighted by Crippen LogP contribution is 2.25. The molecule has 4 amide bonds. The van der Waals surface area contributed by atoms with E-state index in [-0.39, 0.29) is 11.8 Å². The lowest BCUT2D eigenvalue weighted by Gasteiger charge is -2.37. The molecule has 0 radical (unpaired) electrons. The number of hydrogen-bond acceptors (Lipinski definition) is 4. The van der Waals surface area contributed by atoms with E-state index in [1.807, 2.05) is 0 Å². The number of carbonyl (C=O) groups is 3. The van der Waals surface area contributed by atoms with Crippen LogP contribution in [0.1, 0.15) is 19.8 Å². The summed E-state index contributed by atoms with van der Waals surface area (Å²) in [6, 6.07) is -0.988. The van der Waals surface area contributed by atoms with Gasteiger partial charge in [-0.1, -0.05) is 0 Å². The zero-order chi connectivity index (χ0) is 12.6. The second kappa shape index (κ2) is 3.99. The van der Waals surface area contributed by atoms with E-state index < -0.39 is 17.6 Å². The molecule has 0 aromatic rings. The zero-order valence-electron chi connectivity index (χ0n) is 9.66. The van der Waals surface area contributed by atoms with Gasteiger partial charge in [-0.05, 0) is 19.8 Å². The van der Waals surface area contributed by atoms with Crippen LogP contribution in [0, 0.1) is 0 Å². The van der Waals surface area contributed by atoms with Gasteiger partial charge in [0.1, 0.15) is 5.54 Å². The van der Waals surface area contributed by atoms with Crippen molar-refractivity contribution in [2.24, 2.45) is 5.73 Å². The first-order chi connectivity index (χ1) is 7.94. The summed E-state index contributed by atoms with van der Waals surface area (Å²) >= 11 is 0. The molecule has 0 bridgehead atoms. The van der Waals surface area contributed by atoms with Crippen LogP contribution in [0.25, 0.3) is 0 Å². The Morgan fingerprint density at radius 1 is 1.41 bits per heavy atom. The number of imide groups is 1. The second-order valence-electron chi connectivity index (χ2n) is 4.60. The third kappa shape index (κ3) is 1.97. The summed E-state index contributed by atoms with van der Waals surface area (Å²) in [6.07, 6.45) is 0.867. The second-order valence-corrected chi connectivity index (χ2v) is 4.60. The van der Waals surface area contributed by atoms with Crippen molar-refractivity contribution in [3.63, 3.8) is 0 Å². The summed E-state index contributed by atoms with van der Waals surface area (Å²) in [5.74, 6) is -0.417. The smallest absolute Gasteiger partial charge is 0.322 e.